The largest absolute Gasteiger partial charge is 0.387 e. The zero-order valence-corrected chi connectivity index (χ0v) is 12.8. The van der Waals surface area contributed by atoms with Crippen LogP contribution in [0.2, 0.25) is 0 Å². The van der Waals surface area contributed by atoms with Crippen molar-refractivity contribution >= 4 is 23.8 Å². The summed E-state index contributed by atoms with van der Waals surface area (Å²) in [6.45, 7) is -4.46. The molecule has 0 saturated carbocycles. The van der Waals surface area contributed by atoms with Gasteiger partial charge in [0.25, 0.3) is 6.72 Å². The molecule has 1 aliphatic rings. The molecule has 4 atom stereocenters. The van der Waals surface area contributed by atoms with Gasteiger partial charge in [-0.25, -0.2) is 4.79 Å². The van der Waals surface area contributed by atoms with Crippen LogP contribution in [0.15, 0.2) is 17.1 Å². The van der Waals surface area contributed by atoms with Gasteiger partial charge >= 0.3 is 5.69 Å². The first kappa shape index (κ1) is 17.5. The fraction of sp³-hybridized carbons (Fsp3) is 0.556. The Hall–Kier alpha value is -0.820. The fourth-order valence-electron chi connectivity index (χ4n) is 1.90. The van der Waals surface area contributed by atoms with Crippen molar-refractivity contribution in [1.29, 1.82) is 0 Å². The molecule has 22 heavy (non-hydrogen) atoms. The highest BCUT2D eigenvalue weighted by molar-refractivity contribution is 8.13. The van der Waals surface area contributed by atoms with Crippen LogP contribution in [0.3, 0.4) is 0 Å². The molecule has 1 saturated heterocycles. The topological polar surface area (TPSA) is 181 Å². The van der Waals surface area contributed by atoms with Gasteiger partial charge in [-0.05, 0) is 17.3 Å². The molecule has 1 aromatic rings. The number of thiol groups is 1. The molecule has 0 bridgehead atoms. The summed E-state index contributed by atoms with van der Waals surface area (Å²) < 4.78 is 11.1. The van der Waals surface area contributed by atoms with Gasteiger partial charge < -0.3 is 39.5 Å². The Labute approximate surface area is 127 Å². The second kappa shape index (κ2) is 6.74. The Kier molecular flexibility index (Phi) is 5.37. The van der Waals surface area contributed by atoms with Crippen LogP contribution in [-0.2, 0) is 20.1 Å². The van der Waals surface area contributed by atoms with Crippen LogP contribution < -0.4 is 11.4 Å². The van der Waals surface area contributed by atoms with E-state index in [2.05, 4.69) is 4.98 Å². The lowest BCUT2D eigenvalue weighted by molar-refractivity contribution is -0.0495. The fourth-order valence-corrected chi connectivity index (χ4v) is 2.93. The molecule has 1 fully saturated rings. The maximum Gasteiger partial charge on any atom is 0.351 e. The van der Waals surface area contributed by atoms with E-state index in [1.807, 2.05) is 0 Å². The molecule has 0 spiro atoms. The number of aromatic nitrogens is 2. The van der Waals surface area contributed by atoms with Gasteiger partial charge in [-0.2, -0.15) is 4.98 Å². The Bertz CT molecular complexity index is 640. The van der Waals surface area contributed by atoms with Crippen LogP contribution in [-0.4, -0.2) is 59.4 Å². The monoisotopic (exact) mass is 357 g/mol. The van der Waals surface area contributed by atoms with Gasteiger partial charge in [0.1, 0.15) is 24.1 Å². The van der Waals surface area contributed by atoms with E-state index in [0.29, 0.717) is 0 Å². The first-order valence-corrected chi connectivity index (χ1v) is 9.13. The van der Waals surface area contributed by atoms with Crippen molar-refractivity contribution in [3.8, 4) is 0 Å². The Morgan fingerprint density at radius 1 is 1.41 bits per heavy atom. The molecular weight excluding hydrogens is 341 g/mol. The summed E-state index contributed by atoms with van der Waals surface area (Å²) in [5.41, 5.74) is 4.59. The minimum Gasteiger partial charge on any atom is -0.387 e. The van der Waals surface area contributed by atoms with Gasteiger partial charge in [-0.1, -0.05) is 0 Å². The Morgan fingerprint density at radius 2 is 2.09 bits per heavy atom. The average molecular weight is 357 g/mol. The standard InChI is InChI=1S/C9H16N3O8PS/c10-5-1-2-12(9(15)11-5)8-7(14)6(13)4(20-8)3-19-22-21(16,17)18/h1-2,4,6-8,13-14,16-18,22H,3H2,(H2,10,11,15)/t4-,6-,7-,8-/m1/s1. The van der Waals surface area contributed by atoms with Crippen molar-refractivity contribution in [1.82, 2.24) is 9.55 Å². The number of nitrogen functional groups attached to an aromatic ring is 1. The maximum atomic E-state index is 11.7. The number of anilines is 1. The van der Waals surface area contributed by atoms with Gasteiger partial charge in [0.15, 0.2) is 6.23 Å². The van der Waals surface area contributed by atoms with Gasteiger partial charge in [-0.15, -0.1) is 0 Å². The predicted octanol–water partition coefficient (Wildman–Crippen LogP) is -3.15. The summed E-state index contributed by atoms with van der Waals surface area (Å²) in [6.07, 6.45) is -3.78. The molecule has 1 aliphatic heterocycles. The van der Waals surface area contributed by atoms with Crippen molar-refractivity contribution in [2.75, 3.05) is 12.3 Å². The van der Waals surface area contributed by atoms with Crippen LogP contribution in [0.5, 0.6) is 0 Å². The molecule has 2 rings (SSSR count). The van der Waals surface area contributed by atoms with E-state index >= 15 is 0 Å². The molecule has 13 heteroatoms. The van der Waals surface area contributed by atoms with E-state index < -0.39 is 48.2 Å². The van der Waals surface area contributed by atoms with E-state index in [1.54, 1.807) is 0 Å². The molecule has 0 unspecified atom stereocenters. The summed E-state index contributed by atoms with van der Waals surface area (Å²) in [7, 11) is 0. The molecular formula is C9H16N3O8PS. The molecule has 7 N–H and O–H groups in total. The minimum absolute atomic E-state index is 0.00196. The average Bonchev–Trinajstić information content (AvgIpc) is 2.66. The summed E-state index contributed by atoms with van der Waals surface area (Å²) in [4.78, 5) is 41.5. The first-order chi connectivity index (χ1) is 10.2. The number of nitrogens with zero attached hydrogens (tertiary/aromatic N) is 2. The molecule has 2 heterocycles. The summed E-state index contributed by atoms with van der Waals surface area (Å²) in [5, 5.41) is 19.8. The highest BCUT2D eigenvalue weighted by Gasteiger charge is 2.44. The number of ether oxygens (including phenoxy) is 1. The summed E-state index contributed by atoms with van der Waals surface area (Å²) in [5.74, 6) is 0.00196. The number of rotatable bonds is 4. The molecule has 0 aliphatic carbocycles. The van der Waals surface area contributed by atoms with Crippen molar-refractivity contribution in [2.45, 2.75) is 24.5 Å². The van der Waals surface area contributed by atoms with Crippen molar-refractivity contribution in [3.63, 3.8) is 0 Å². The second-order valence-electron chi connectivity index (χ2n) is 4.50. The van der Waals surface area contributed by atoms with E-state index in [9.17, 15) is 15.0 Å². The van der Waals surface area contributed by atoms with Gasteiger partial charge in [0.2, 0.25) is 0 Å². The maximum absolute atomic E-state index is 11.7. The number of aliphatic hydroxyl groups excluding tert-OH is 2. The third-order valence-corrected chi connectivity index (χ3v) is 4.36. The predicted molar refractivity (Wildman–Crippen MR) is 77.1 cm³/mol. The third-order valence-electron chi connectivity index (χ3n) is 2.87. The zero-order chi connectivity index (χ0) is 16.5. The third kappa shape index (κ3) is 4.13. The van der Waals surface area contributed by atoms with E-state index in [-0.39, 0.29) is 12.4 Å². The van der Waals surface area contributed by atoms with E-state index in [4.69, 9.17) is 29.3 Å². The molecule has 0 radical (unpaired) electrons. The second-order valence-corrected chi connectivity index (χ2v) is 8.10. The van der Waals surface area contributed by atoms with Crippen LogP contribution in [0.1, 0.15) is 6.23 Å². The lowest BCUT2D eigenvalue weighted by Gasteiger charge is -2.16. The summed E-state index contributed by atoms with van der Waals surface area (Å²) >= 11 is -0.477. The van der Waals surface area contributed by atoms with Crippen molar-refractivity contribution in [3.05, 3.63) is 22.7 Å². The molecule has 1 aromatic heterocycles. The number of hydrogen-bond acceptors (Lipinski definition) is 7. The smallest absolute Gasteiger partial charge is 0.351 e. The van der Waals surface area contributed by atoms with Gasteiger partial charge in [0.05, 0.1) is 6.61 Å². The quantitative estimate of drug-likeness (QED) is 0.215. The van der Waals surface area contributed by atoms with Crippen LogP contribution in [0.4, 0.5) is 5.82 Å². The SMILES string of the molecule is Nc1ccn([C@@H]2O[C@H](CO[SH]=P(O)(O)O)[C@@H](O)[C@H]2O)c(=O)n1. The molecule has 11 nitrogen and oxygen atoms in total. The Balaban J connectivity index is 2.11. The van der Waals surface area contributed by atoms with E-state index in [1.165, 1.54) is 12.3 Å². The number of nitrogens with two attached hydrogens (primary N) is 1. The zero-order valence-electron chi connectivity index (χ0n) is 11.0. The lowest BCUT2D eigenvalue weighted by Crippen LogP contribution is -2.36. The normalized spacial score (nSPS) is 29.0. The highest BCUT2D eigenvalue weighted by Crippen LogP contribution is 2.32. The molecule has 126 valence electrons. The van der Waals surface area contributed by atoms with Crippen LogP contribution >= 0.6 is 6.72 Å². The Morgan fingerprint density at radius 3 is 2.68 bits per heavy atom. The first-order valence-electron chi connectivity index (χ1n) is 5.97. The molecule has 0 aromatic carbocycles. The van der Waals surface area contributed by atoms with E-state index in [0.717, 1.165) is 4.57 Å². The van der Waals surface area contributed by atoms with Crippen molar-refractivity contribution in [2.24, 2.45) is 0 Å². The highest BCUT2D eigenvalue weighted by atomic mass is 32.5. The number of aliphatic hydroxyl groups is 2. The van der Waals surface area contributed by atoms with Crippen LogP contribution in [0, 0.1) is 0 Å². The molecule has 0 amide bonds. The van der Waals surface area contributed by atoms with Gasteiger partial charge in [-0.3, -0.25) is 4.57 Å². The van der Waals surface area contributed by atoms with Gasteiger partial charge in [0, 0.05) is 6.20 Å². The minimum atomic E-state index is -4.12. The lowest BCUT2D eigenvalue weighted by atomic mass is 10.1. The van der Waals surface area contributed by atoms with Crippen molar-refractivity contribution < 1.29 is 33.8 Å². The summed E-state index contributed by atoms with van der Waals surface area (Å²) in [6, 6.07) is 1.33. The number of hydrogen-bond donors (Lipinski definition) is 7. The van der Waals surface area contributed by atoms with Crippen LogP contribution in [0.25, 0.3) is 0 Å².